The van der Waals surface area contributed by atoms with E-state index in [1.807, 2.05) is 54.9 Å². The average molecular weight is 311 g/mol. The van der Waals surface area contributed by atoms with E-state index in [-0.39, 0.29) is 11.7 Å². The molecule has 0 atom stereocenters. The molecule has 0 saturated heterocycles. The van der Waals surface area contributed by atoms with Crippen LogP contribution in [0.15, 0.2) is 36.4 Å². The summed E-state index contributed by atoms with van der Waals surface area (Å²) in [5.74, 6) is -0.309. The van der Waals surface area contributed by atoms with E-state index in [0.717, 1.165) is 17.1 Å². The van der Waals surface area contributed by atoms with Crippen LogP contribution in [0, 0.1) is 13.8 Å². The number of carbonyl (C=O) groups excluding carboxylic acids is 1. The Morgan fingerprint density at radius 1 is 1.17 bits per heavy atom. The molecule has 0 bridgehead atoms. The van der Waals surface area contributed by atoms with Gasteiger partial charge in [-0.1, -0.05) is 18.2 Å². The van der Waals surface area contributed by atoms with Gasteiger partial charge in [0.1, 0.15) is 0 Å². The van der Waals surface area contributed by atoms with Crippen molar-refractivity contribution in [2.24, 2.45) is 0 Å². The minimum absolute atomic E-state index is 0.0437. The predicted molar refractivity (Wildman–Crippen MR) is 83.2 cm³/mol. The molecule has 0 fully saturated rings. The molecular formula is C15H17N7O. The van der Waals surface area contributed by atoms with Gasteiger partial charge in [-0.3, -0.25) is 9.48 Å². The number of amides is 1. The van der Waals surface area contributed by atoms with Gasteiger partial charge in [-0.15, -0.1) is 15.0 Å². The molecule has 0 aliphatic carbocycles. The van der Waals surface area contributed by atoms with Gasteiger partial charge in [-0.05, 0) is 37.3 Å². The molecule has 118 valence electrons. The van der Waals surface area contributed by atoms with Gasteiger partial charge in [0.2, 0.25) is 0 Å². The summed E-state index contributed by atoms with van der Waals surface area (Å²) in [5, 5.41) is 18.9. The van der Waals surface area contributed by atoms with Gasteiger partial charge >= 0.3 is 0 Å². The number of rotatable bonds is 5. The number of nitrogens with zero attached hydrogens (tertiary/aromatic N) is 6. The van der Waals surface area contributed by atoms with Crippen LogP contribution in [-0.4, -0.2) is 42.4 Å². The van der Waals surface area contributed by atoms with Crippen LogP contribution >= 0.6 is 0 Å². The largest absolute Gasteiger partial charge is 0.347 e. The smallest absolute Gasteiger partial charge is 0.292 e. The zero-order valence-electron chi connectivity index (χ0n) is 13.0. The molecule has 8 nitrogen and oxygen atoms in total. The highest BCUT2D eigenvalue weighted by atomic mass is 16.2. The highest BCUT2D eigenvalue weighted by Gasteiger charge is 2.13. The Kier molecular flexibility index (Phi) is 4.13. The monoisotopic (exact) mass is 311 g/mol. The SMILES string of the molecule is Cc1cc(C)n(CCNC(=O)c2nnn(-c3ccccc3)n2)n1. The van der Waals surface area contributed by atoms with Gasteiger partial charge < -0.3 is 5.32 Å². The maximum Gasteiger partial charge on any atom is 0.292 e. The van der Waals surface area contributed by atoms with Crippen LogP contribution in [0.4, 0.5) is 0 Å². The van der Waals surface area contributed by atoms with Gasteiger partial charge in [-0.2, -0.15) is 5.10 Å². The second kappa shape index (κ2) is 6.39. The standard InChI is InChI=1S/C15H17N7O/c1-11-10-12(2)21(18-11)9-8-16-15(23)14-17-20-22(19-14)13-6-4-3-5-7-13/h3-7,10H,8-9H2,1-2H3,(H,16,23). The van der Waals surface area contributed by atoms with Gasteiger partial charge in [0.15, 0.2) is 0 Å². The summed E-state index contributed by atoms with van der Waals surface area (Å²) in [6.07, 6.45) is 0. The maximum absolute atomic E-state index is 12.1. The quantitative estimate of drug-likeness (QED) is 0.756. The molecule has 3 rings (SSSR count). The van der Waals surface area contributed by atoms with Crippen LogP contribution in [0.5, 0.6) is 0 Å². The molecule has 0 radical (unpaired) electrons. The normalized spacial score (nSPS) is 10.7. The number of tetrazole rings is 1. The molecule has 0 aliphatic heterocycles. The van der Waals surface area contributed by atoms with Crippen molar-refractivity contribution in [3.05, 3.63) is 53.6 Å². The van der Waals surface area contributed by atoms with Crippen LogP contribution in [0.25, 0.3) is 5.69 Å². The summed E-state index contributed by atoms with van der Waals surface area (Å²) >= 11 is 0. The van der Waals surface area contributed by atoms with Gasteiger partial charge in [0.25, 0.3) is 11.7 Å². The minimum Gasteiger partial charge on any atom is -0.347 e. The van der Waals surface area contributed by atoms with Crippen molar-refractivity contribution in [3.63, 3.8) is 0 Å². The first-order chi connectivity index (χ1) is 11.1. The number of hydrogen-bond donors (Lipinski definition) is 1. The fourth-order valence-corrected chi connectivity index (χ4v) is 2.23. The molecule has 23 heavy (non-hydrogen) atoms. The third kappa shape index (κ3) is 3.42. The number of hydrogen-bond acceptors (Lipinski definition) is 5. The van der Waals surface area contributed by atoms with Crippen LogP contribution in [-0.2, 0) is 6.54 Å². The minimum atomic E-state index is -0.353. The van der Waals surface area contributed by atoms with Crippen LogP contribution < -0.4 is 5.32 Å². The number of para-hydroxylation sites is 1. The lowest BCUT2D eigenvalue weighted by atomic mass is 10.3. The lowest BCUT2D eigenvalue weighted by Gasteiger charge is -2.04. The number of benzene rings is 1. The van der Waals surface area contributed by atoms with Crippen molar-refractivity contribution in [2.75, 3.05) is 6.54 Å². The zero-order valence-corrected chi connectivity index (χ0v) is 13.0. The zero-order chi connectivity index (χ0) is 16.2. The van der Waals surface area contributed by atoms with E-state index in [2.05, 4.69) is 25.8 Å². The molecule has 0 unspecified atom stereocenters. The Hall–Kier alpha value is -3.03. The summed E-state index contributed by atoms with van der Waals surface area (Å²) in [5.41, 5.74) is 2.77. The Labute approximate surface area is 133 Å². The molecule has 1 amide bonds. The van der Waals surface area contributed by atoms with Crippen molar-refractivity contribution in [3.8, 4) is 5.69 Å². The van der Waals surface area contributed by atoms with Gasteiger partial charge in [-0.25, -0.2) is 0 Å². The van der Waals surface area contributed by atoms with Crippen LogP contribution in [0.3, 0.4) is 0 Å². The fraction of sp³-hybridized carbons (Fsp3) is 0.267. The topological polar surface area (TPSA) is 90.5 Å². The molecule has 0 saturated carbocycles. The lowest BCUT2D eigenvalue weighted by molar-refractivity contribution is 0.0941. The second-order valence-electron chi connectivity index (χ2n) is 5.14. The van der Waals surface area contributed by atoms with Crippen molar-refractivity contribution in [1.82, 2.24) is 35.3 Å². The number of carbonyl (C=O) groups is 1. The highest BCUT2D eigenvalue weighted by Crippen LogP contribution is 2.03. The lowest BCUT2D eigenvalue weighted by Crippen LogP contribution is -2.28. The fourth-order valence-electron chi connectivity index (χ4n) is 2.23. The second-order valence-corrected chi connectivity index (χ2v) is 5.14. The van der Waals surface area contributed by atoms with Crippen molar-refractivity contribution in [2.45, 2.75) is 20.4 Å². The first kappa shape index (κ1) is 14.9. The average Bonchev–Trinajstić information content (AvgIpc) is 3.15. The Morgan fingerprint density at radius 2 is 1.96 bits per heavy atom. The molecule has 0 aliphatic rings. The summed E-state index contributed by atoms with van der Waals surface area (Å²) in [6, 6.07) is 11.3. The molecule has 3 aromatic rings. The van der Waals surface area contributed by atoms with Crippen molar-refractivity contribution < 1.29 is 4.79 Å². The molecular weight excluding hydrogens is 294 g/mol. The molecule has 1 aromatic carbocycles. The van der Waals surface area contributed by atoms with Crippen molar-refractivity contribution >= 4 is 5.91 Å². The predicted octanol–water partition coefficient (Wildman–Crippen LogP) is 0.906. The first-order valence-corrected chi connectivity index (χ1v) is 7.28. The van der Waals surface area contributed by atoms with E-state index in [1.165, 1.54) is 4.80 Å². The van der Waals surface area contributed by atoms with E-state index in [9.17, 15) is 4.79 Å². The number of aryl methyl sites for hydroxylation is 2. The summed E-state index contributed by atoms with van der Waals surface area (Å²) in [7, 11) is 0. The third-order valence-electron chi connectivity index (χ3n) is 3.32. The Morgan fingerprint density at radius 3 is 2.65 bits per heavy atom. The molecule has 1 N–H and O–H groups in total. The summed E-state index contributed by atoms with van der Waals surface area (Å²) in [6.45, 7) is 4.96. The van der Waals surface area contributed by atoms with Crippen molar-refractivity contribution in [1.29, 1.82) is 0 Å². The van der Waals surface area contributed by atoms with Crippen LogP contribution in [0.1, 0.15) is 22.0 Å². The van der Waals surface area contributed by atoms with E-state index in [0.29, 0.717) is 13.1 Å². The molecule has 2 heterocycles. The first-order valence-electron chi connectivity index (χ1n) is 7.28. The summed E-state index contributed by atoms with van der Waals surface area (Å²) in [4.78, 5) is 13.4. The van der Waals surface area contributed by atoms with Gasteiger partial charge in [0.05, 0.1) is 17.9 Å². The Bertz CT molecular complexity index is 806. The number of nitrogens with one attached hydrogen (secondary N) is 1. The van der Waals surface area contributed by atoms with E-state index in [4.69, 9.17) is 0 Å². The van der Waals surface area contributed by atoms with Crippen LogP contribution in [0.2, 0.25) is 0 Å². The maximum atomic E-state index is 12.1. The molecule has 8 heteroatoms. The summed E-state index contributed by atoms with van der Waals surface area (Å²) < 4.78 is 1.85. The third-order valence-corrected chi connectivity index (χ3v) is 3.32. The van der Waals surface area contributed by atoms with Gasteiger partial charge in [0, 0.05) is 12.2 Å². The Balaban J connectivity index is 1.59. The van der Waals surface area contributed by atoms with E-state index >= 15 is 0 Å². The van der Waals surface area contributed by atoms with E-state index in [1.54, 1.807) is 0 Å². The molecule has 0 spiro atoms. The van der Waals surface area contributed by atoms with E-state index < -0.39 is 0 Å². The highest BCUT2D eigenvalue weighted by molar-refractivity contribution is 5.90. The number of aromatic nitrogens is 6. The molecule has 2 aromatic heterocycles.